The second-order valence-electron chi connectivity index (χ2n) is 5.61. The number of aromatic nitrogens is 2. The molecule has 0 unspecified atom stereocenters. The molecule has 3 aromatic rings. The quantitative estimate of drug-likeness (QED) is 0.288. The van der Waals surface area contributed by atoms with Crippen LogP contribution >= 0.6 is 22.6 Å². The van der Waals surface area contributed by atoms with Gasteiger partial charge in [0, 0.05) is 16.3 Å². The van der Waals surface area contributed by atoms with Crippen LogP contribution in [0.4, 0.5) is 17.3 Å². The molecule has 2 aromatic carbocycles. The zero-order valence-corrected chi connectivity index (χ0v) is 16.3. The Morgan fingerprint density at radius 1 is 1.33 bits per heavy atom. The number of nitrogens with zero attached hydrogens (tertiary/aromatic N) is 3. The molecule has 27 heavy (non-hydrogen) atoms. The van der Waals surface area contributed by atoms with Crippen molar-refractivity contribution in [2.75, 3.05) is 5.32 Å². The summed E-state index contributed by atoms with van der Waals surface area (Å²) < 4.78 is 0.872. The third-order valence-corrected chi connectivity index (χ3v) is 4.60. The maximum Gasteiger partial charge on any atom is 0.256 e. The monoisotopic (exact) mass is 470 g/mol. The van der Waals surface area contributed by atoms with E-state index in [9.17, 15) is 4.79 Å². The van der Waals surface area contributed by atoms with Gasteiger partial charge in [-0.15, -0.1) is 0 Å². The Morgan fingerprint density at radius 3 is 2.78 bits per heavy atom. The van der Waals surface area contributed by atoms with Crippen molar-refractivity contribution in [1.82, 2.24) is 10.2 Å². The normalized spacial score (nSPS) is 10.7. The Kier molecular flexibility index (Phi) is 5.83. The van der Waals surface area contributed by atoms with Crippen molar-refractivity contribution in [3.8, 4) is 6.07 Å². The van der Waals surface area contributed by atoms with Gasteiger partial charge in [-0.3, -0.25) is 9.89 Å². The Bertz CT molecular complexity index is 1030. The van der Waals surface area contributed by atoms with E-state index in [2.05, 4.69) is 49.2 Å². The van der Waals surface area contributed by atoms with Crippen molar-refractivity contribution < 1.29 is 4.79 Å². The molecule has 0 aliphatic rings. The van der Waals surface area contributed by atoms with E-state index in [1.54, 1.807) is 30.5 Å². The van der Waals surface area contributed by atoms with Crippen LogP contribution in [0.15, 0.2) is 53.5 Å². The molecule has 0 saturated carbocycles. The second-order valence-corrected chi connectivity index (χ2v) is 6.37. The average molecular weight is 470 g/mol. The van der Waals surface area contributed by atoms with Crippen LogP contribution < -0.4 is 11.1 Å². The predicted octanol–water partition coefficient (Wildman–Crippen LogP) is 3.81. The van der Waals surface area contributed by atoms with Crippen molar-refractivity contribution >= 4 is 52.0 Å². The predicted molar refractivity (Wildman–Crippen MR) is 113 cm³/mol. The second kappa shape index (κ2) is 8.46. The van der Waals surface area contributed by atoms with Gasteiger partial charge in [0.15, 0.2) is 11.6 Å². The van der Waals surface area contributed by atoms with Gasteiger partial charge < -0.3 is 11.1 Å². The van der Waals surface area contributed by atoms with Crippen LogP contribution in [0.2, 0.25) is 0 Å². The zero-order chi connectivity index (χ0) is 19.2. The molecule has 0 fully saturated rings. The topological polar surface area (TPSA) is 120 Å². The van der Waals surface area contributed by atoms with Gasteiger partial charge in [-0.1, -0.05) is 46.9 Å². The first-order valence-corrected chi connectivity index (χ1v) is 9.47. The molecule has 0 aliphatic carbocycles. The number of nitrogens with two attached hydrogens (primary N) is 1. The highest BCUT2D eigenvalue weighted by Crippen LogP contribution is 2.26. The summed E-state index contributed by atoms with van der Waals surface area (Å²) in [5, 5.41) is 18.8. The molecule has 1 aromatic heterocycles. The van der Waals surface area contributed by atoms with Crippen LogP contribution in [0.3, 0.4) is 0 Å². The molecule has 0 radical (unpaired) electrons. The van der Waals surface area contributed by atoms with E-state index in [-0.39, 0.29) is 11.4 Å². The number of aromatic amines is 1. The van der Waals surface area contributed by atoms with Crippen molar-refractivity contribution in [2.24, 2.45) is 10.7 Å². The van der Waals surface area contributed by atoms with E-state index >= 15 is 0 Å². The number of primary amides is 1. The van der Waals surface area contributed by atoms with Gasteiger partial charge in [0.2, 0.25) is 0 Å². The zero-order valence-electron chi connectivity index (χ0n) is 14.1. The summed E-state index contributed by atoms with van der Waals surface area (Å²) in [5.74, 6) is -0.0530. The molecule has 1 amide bonds. The van der Waals surface area contributed by atoms with Gasteiger partial charge in [-0.25, -0.2) is 4.99 Å². The highest BCUT2D eigenvalue weighted by molar-refractivity contribution is 14.1. The Labute approximate surface area is 169 Å². The first-order valence-electron chi connectivity index (χ1n) is 7.95. The van der Waals surface area contributed by atoms with Gasteiger partial charge in [-0.2, -0.15) is 10.4 Å². The minimum atomic E-state index is -0.636. The lowest BCUT2D eigenvalue weighted by molar-refractivity contribution is 0.100. The Morgan fingerprint density at radius 2 is 2.11 bits per heavy atom. The number of H-pyrrole nitrogens is 1. The van der Waals surface area contributed by atoms with Crippen LogP contribution in [0, 0.1) is 11.3 Å². The van der Waals surface area contributed by atoms with Gasteiger partial charge in [0.05, 0.1) is 11.6 Å². The number of aliphatic imine (C=N–C) groups is 1. The summed E-state index contributed by atoms with van der Waals surface area (Å²) in [6.07, 6.45) is 1.57. The van der Waals surface area contributed by atoms with Crippen molar-refractivity contribution in [3.63, 3.8) is 0 Å². The maximum atomic E-state index is 11.9. The number of hydrogen-bond donors (Lipinski definition) is 3. The van der Waals surface area contributed by atoms with Crippen molar-refractivity contribution in [3.05, 3.63) is 70.8 Å². The smallest absolute Gasteiger partial charge is 0.256 e. The van der Waals surface area contributed by atoms with Gasteiger partial charge in [0.1, 0.15) is 5.56 Å². The SMILES string of the molecule is N#Cc1ccc(/C=N/c2[nH]nc(Nc3cccc(CI)c3)c2C(N)=O)cc1. The molecule has 1 heterocycles. The fourth-order valence-corrected chi connectivity index (χ4v) is 2.88. The molecule has 0 spiro atoms. The third-order valence-electron chi connectivity index (χ3n) is 3.72. The Hall–Kier alpha value is -3.19. The van der Waals surface area contributed by atoms with Crippen LogP contribution in [0.5, 0.6) is 0 Å². The van der Waals surface area contributed by atoms with Gasteiger partial charge in [0.25, 0.3) is 5.91 Å². The number of benzene rings is 2. The summed E-state index contributed by atoms with van der Waals surface area (Å²) in [7, 11) is 0. The Balaban J connectivity index is 1.87. The molecule has 7 nitrogen and oxygen atoms in total. The number of alkyl halides is 1. The van der Waals surface area contributed by atoms with Crippen LogP contribution in [-0.4, -0.2) is 22.3 Å². The lowest BCUT2D eigenvalue weighted by Gasteiger charge is -2.06. The first kappa shape index (κ1) is 18.6. The van der Waals surface area contributed by atoms with E-state index in [1.807, 2.05) is 24.3 Å². The largest absolute Gasteiger partial charge is 0.365 e. The molecule has 0 atom stereocenters. The summed E-state index contributed by atoms with van der Waals surface area (Å²) >= 11 is 2.28. The van der Waals surface area contributed by atoms with Crippen LogP contribution in [0.25, 0.3) is 0 Å². The average Bonchev–Trinajstić information content (AvgIpc) is 3.09. The number of amides is 1. The number of carbonyl (C=O) groups excluding carboxylic acids is 1. The number of anilines is 2. The van der Waals surface area contributed by atoms with Gasteiger partial charge >= 0.3 is 0 Å². The van der Waals surface area contributed by atoms with Crippen LogP contribution in [0.1, 0.15) is 27.0 Å². The van der Waals surface area contributed by atoms with Gasteiger partial charge in [-0.05, 0) is 35.4 Å². The molecular formula is C19H15IN6O. The fraction of sp³-hybridized carbons (Fsp3) is 0.0526. The third kappa shape index (κ3) is 4.51. The lowest BCUT2D eigenvalue weighted by atomic mass is 10.2. The maximum absolute atomic E-state index is 11.9. The van der Waals surface area contributed by atoms with E-state index < -0.39 is 5.91 Å². The van der Waals surface area contributed by atoms with Crippen molar-refractivity contribution in [1.29, 1.82) is 5.26 Å². The molecule has 4 N–H and O–H groups in total. The highest BCUT2D eigenvalue weighted by Gasteiger charge is 2.18. The molecule has 0 bridgehead atoms. The molecule has 0 saturated heterocycles. The summed E-state index contributed by atoms with van der Waals surface area (Å²) in [6, 6.07) is 16.8. The molecular weight excluding hydrogens is 455 g/mol. The molecule has 8 heteroatoms. The van der Waals surface area contributed by atoms with Crippen molar-refractivity contribution in [2.45, 2.75) is 4.43 Å². The standard InChI is InChI=1S/C19H15IN6O/c20-9-14-2-1-3-15(8-14)24-19-16(17(22)27)18(25-26-19)23-11-13-6-4-12(10-21)5-7-13/h1-8,11H,9H2,(H2,22,27)(H2,24,25,26)/b23-11+. The summed E-state index contributed by atoms with van der Waals surface area (Å²) in [5.41, 5.74) is 9.00. The van der Waals surface area contributed by atoms with E-state index in [0.29, 0.717) is 11.4 Å². The number of nitriles is 1. The number of nitrogens with one attached hydrogen (secondary N) is 2. The minimum absolute atomic E-state index is 0.180. The van der Waals surface area contributed by atoms with E-state index in [4.69, 9.17) is 11.0 Å². The minimum Gasteiger partial charge on any atom is -0.365 e. The molecule has 3 rings (SSSR count). The highest BCUT2D eigenvalue weighted by atomic mass is 127. The van der Waals surface area contributed by atoms with E-state index in [1.165, 1.54) is 0 Å². The summed E-state index contributed by atoms with van der Waals surface area (Å²) in [6.45, 7) is 0. The lowest BCUT2D eigenvalue weighted by Crippen LogP contribution is -2.12. The van der Waals surface area contributed by atoms with Crippen LogP contribution in [-0.2, 0) is 4.43 Å². The number of carbonyl (C=O) groups is 1. The van der Waals surface area contributed by atoms with E-state index in [0.717, 1.165) is 21.2 Å². The molecule has 0 aliphatic heterocycles. The fourth-order valence-electron chi connectivity index (χ4n) is 2.40. The number of hydrogen-bond acceptors (Lipinski definition) is 5. The molecule has 134 valence electrons. The first-order chi connectivity index (χ1) is 13.1. The number of halogens is 1. The number of rotatable bonds is 6. The summed E-state index contributed by atoms with van der Waals surface area (Å²) in [4.78, 5) is 16.2.